The number of hydrogen-bond donors (Lipinski definition) is 2. The molecule has 0 aliphatic heterocycles. The molecule has 0 saturated heterocycles. The summed E-state index contributed by atoms with van der Waals surface area (Å²) < 4.78 is 5.53. The second-order valence-corrected chi connectivity index (χ2v) is 6.23. The highest BCUT2D eigenvalue weighted by Crippen LogP contribution is 2.19. The van der Waals surface area contributed by atoms with Gasteiger partial charge < -0.3 is 15.4 Å². The summed E-state index contributed by atoms with van der Waals surface area (Å²) in [6.07, 6.45) is 4.33. The Kier molecular flexibility index (Phi) is 15.1. The van der Waals surface area contributed by atoms with E-state index in [9.17, 15) is 0 Å². The highest BCUT2D eigenvalue weighted by atomic mass is 127. The summed E-state index contributed by atoms with van der Waals surface area (Å²) in [4.78, 5) is 4.21. The van der Waals surface area contributed by atoms with Crippen LogP contribution < -0.4 is 10.6 Å². The Morgan fingerprint density at radius 2 is 1.95 bits per heavy atom. The summed E-state index contributed by atoms with van der Waals surface area (Å²) in [7, 11) is 1.81. The average Bonchev–Trinajstić information content (AvgIpc) is 2.37. The van der Waals surface area contributed by atoms with Crippen LogP contribution in [0.25, 0.3) is 0 Å². The molecule has 0 spiro atoms. The largest absolute Gasteiger partial charge is 0.382 e. The predicted molar refractivity (Wildman–Crippen MR) is 98.1 cm³/mol. The number of ether oxygens (including phenoxy) is 1. The maximum Gasteiger partial charge on any atom is 0.191 e. The molecular formula is C13H30IN3OS. The van der Waals surface area contributed by atoms with Crippen LogP contribution in [0.1, 0.15) is 33.6 Å². The number of halogens is 1. The third-order valence-electron chi connectivity index (χ3n) is 2.67. The first-order chi connectivity index (χ1) is 8.55. The maximum atomic E-state index is 5.30. The van der Waals surface area contributed by atoms with Crippen LogP contribution >= 0.6 is 35.7 Å². The minimum atomic E-state index is 0. The molecule has 0 bridgehead atoms. The minimum Gasteiger partial charge on any atom is -0.382 e. The quantitative estimate of drug-likeness (QED) is 0.269. The van der Waals surface area contributed by atoms with Crippen LogP contribution in [0.3, 0.4) is 0 Å². The van der Waals surface area contributed by atoms with E-state index in [1.807, 2.05) is 25.7 Å². The fraction of sp³-hybridized carbons (Fsp3) is 0.923. The summed E-state index contributed by atoms with van der Waals surface area (Å²) in [6.45, 7) is 9.97. The van der Waals surface area contributed by atoms with Crippen molar-refractivity contribution in [2.75, 3.05) is 39.6 Å². The van der Waals surface area contributed by atoms with Gasteiger partial charge in [0.1, 0.15) is 0 Å². The zero-order chi connectivity index (χ0) is 13.9. The van der Waals surface area contributed by atoms with Crippen molar-refractivity contribution < 1.29 is 4.74 Å². The molecule has 0 aliphatic carbocycles. The lowest BCUT2D eigenvalue weighted by atomic mass is 10.2. The molecular weight excluding hydrogens is 373 g/mol. The minimum absolute atomic E-state index is 0. The van der Waals surface area contributed by atoms with Crippen LogP contribution in [-0.4, -0.2) is 50.3 Å². The van der Waals surface area contributed by atoms with Crippen molar-refractivity contribution in [3.8, 4) is 0 Å². The van der Waals surface area contributed by atoms with Gasteiger partial charge in [0, 0.05) is 38.1 Å². The Hall–Kier alpha value is 0.310. The van der Waals surface area contributed by atoms with Crippen LogP contribution in [0.15, 0.2) is 4.99 Å². The molecule has 2 N–H and O–H groups in total. The molecule has 6 heteroatoms. The molecule has 4 nitrogen and oxygen atoms in total. The van der Waals surface area contributed by atoms with Crippen molar-refractivity contribution in [3.63, 3.8) is 0 Å². The lowest BCUT2D eigenvalue weighted by Crippen LogP contribution is -2.43. The summed E-state index contributed by atoms with van der Waals surface area (Å²) >= 11 is 1.86. The fourth-order valence-corrected chi connectivity index (χ4v) is 1.49. The molecule has 0 saturated carbocycles. The summed E-state index contributed by atoms with van der Waals surface area (Å²) in [5, 5.41) is 6.67. The standard InChI is InChI=1S/C13H29N3OS.HI/c1-6-17-10-8-7-9-15-12(14-4)16-11-13(2,3)18-5;/h6-11H2,1-5H3,(H2,14,15,16);1H. The molecule has 0 unspecified atom stereocenters. The van der Waals surface area contributed by atoms with E-state index in [1.165, 1.54) is 0 Å². The smallest absolute Gasteiger partial charge is 0.191 e. The molecule has 0 radical (unpaired) electrons. The second-order valence-electron chi connectivity index (χ2n) is 4.72. The van der Waals surface area contributed by atoms with E-state index in [0.717, 1.165) is 45.1 Å². The number of unbranched alkanes of at least 4 members (excludes halogenated alkanes) is 1. The third kappa shape index (κ3) is 13.1. The molecule has 0 atom stereocenters. The van der Waals surface area contributed by atoms with Gasteiger partial charge in [-0.05, 0) is 39.9 Å². The number of thioether (sulfide) groups is 1. The van der Waals surface area contributed by atoms with Crippen molar-refractivity contribution in [3.05, 3.63) is 0 Å². The van der Waals surface area contributed by atoms with Crippen LogP contribution in [0.5, 0.6) is 0 Å². The van der Waals surface area contributed by atoms with E-state index >= 15 is 0 Å². The first-order valence-electron chi connectivity index (χ1n) is 6.63. The highest BCUT2D eigenvalue weighted by Gasteiger charge is 2.15. The van der Waals surface area contributed by atoms with Gasteiger partial charge in [-0.1, -0.05) is 0 Å². The Labute approximate surface area is 139 Å². The van der Waals surface area contributed by atoms with Gasteiger partial charge in [-0.25, -0.2) is 0 Å². The van der Waals surface area contributed by atoms with Gasteiger partial charge >= 0.3 is 0 Å². The highest BCUT2D eigenvalue weighted by molar-refractivity contribution is 14.0. The van der Waals surface area contributed by atoms with Crippen LogP contribution in [0.2, 0.25) is 0 Å². The number of aliphatic imine (C=N–C) groups is 1. The Bertz CT molecular complexity index is 238. The Morgan fingerprint density at radius 3 is 2.47 bits per heavy atom. The predicted octanol–water partition coefficient (Wildman–Crippen LogP) is 2.73. The number of hydrogen-bond acceptors (Lipinski definition) is 3. The molecule has 0 aromatic heterocycles. The molecule has 0 rings (SSSR count). The zero-order valence-corrected chi connectivity index (χ0v) is 16.1. The number of nitrogens with zero attached hydrogens (tertiary/aromatic N) is 1. The van der Waals surface area contributed by atoms with Gasteiger partial charge in [0.2, 0.25) is 0 Å². The van der Waals surface area contributed by atoms with E-state index in [0.29, 0.717) is 0 Å². The third-order valence-corrected chi connectivity index (χ3v) is 3.92. The van der Waals surface area contributed by atoms with E-state index in [1.54, 1.807) is 0 Å². The van der Waals surface area contributed by atoms with Gasteiger partial charge in [0.15, 0.2) is 5.96 Å². The van der Waals surface area contributed by atoms with E-state index in [4.69, 9.17) is 4.74 Å². The second kappa shape index (κ2) is 13.3. The summed E-state index contributed by atoms with van der Waals surface area (Å²) in [6, 6.07) is 0. The van der Waals surface area contributed by atoms with Crippen molar-refractivity contribution in [2.24, 2.45) is 4.99 Å². The van der Waals surface area contributed by atoms with E-state index in [-0.39, 0.29) is 28.7 Å². The van der Waals surface area contributed by atoms with Crippen LogP contribution in [0.4, 0.5) is 0 Å². The first-order valence-corrected chi connectivity index (χ1v) is 7.85. The topological polar surface area (TPSA) is 45.6 Å². The zero-order valence-electron chi connectivity index (χ0n) is 12.9. The van der Waals surface area contributed by atoms with Crippen LogP contribution in [-0.2, 0) is 4.74 Å². The first kappa shape index (κ1) is 21.6. The Balaban J connectivity index is 0. The molecule has 0 amide bonds. The van der Waals surface area contributed by atoms with Crippen molar-refractivity contribution in [1.82, 2.24) is 10.6 Å². The number of rotatable bonds is 9. The van der Waals surface area contributed by atoms with Crippen molar-refractivity contribution in [2.45, 2.75) is 38.4 Å². The fourth-order valence-electron chi connectivity index (χ4n) is 1.27. The summed E-state index contributed by atoms with van der Waals surface area (Å²) in [5.74, 6) is 0.883. The molecule has 19 heavy (non-hydrogen) atoms. The van der Waals surface area contributed by atoms with Gasteiger partial charge in [0.25, 0.3) is 0 Å². The molecule has 0 aromatic carbocycles. The number of nitrogens with one attached hydrogen (secondary N) is 2. The van der Waals surface area contributed by atoms with Gasteiger partial charge in [-0.15, -0.1) is 24.0 Å². The van der Waals surface area contributed by atoms with Crippen molar-refractivity contribution in [1.29, 1.82) is 0 Å². The maximum absolute atomic E-state index is 5.30. The molecule has 0 heterocycles. The summed E-state index contributed by atoms with van der Waals surface area (Å²) in [5.41, 5.74) is 0. The average molecular weight is 403 g/mol. The number of guanidine groups is 1. The normalized spacial score (nSPS) is 11.9. The van der Waals surface area contributed by atoms with Crippen LogP contribution in [0, 0.1) is 0 Å². The van der Waals surface area contributed by atoms with E-state index in [2.05, 4.69) is 35.7 Å². The van der Waals surface area contributed by atoms with Gasteiger partial charge in [0.05, 0.1) is 0 Å². The van der Waals surface area contributed by atoms with E-state index < -0.39 is 0 Å². The Morgan fingerprint density at radius 1 is 1.26 bits per heavy atom. The molecule has 0 fully saturated rings. The SMILES string of the molecule is CCOCCCCNC(=NC)NCC(C)(C)SC.I. The van der Waals surface area contributed by atoms with Gasteiger partial charge in [-0.3, -0.25) is 4.99 Å². The van der Waals surface area contributed by atoms with Gasteiger partial charge in [-0.2, -0.15) is 11.8 Å². The molecule has 0 aromatic rings. The molecule has 116 valence electrons. The lowest BCUT2D eigenvalue weighted by Gasteiger charge is -2.23. The lowest BCUT2D eigenvalue weighted by molar-refractivity contribution is 0.143. The molecule has 0 aliphatic rings. The van der Waals surface area contributed by atoms with Crippen molar-refractivity contribution >= 4 is 41.7 Å². The monoisotopic (exact) mass is 403 g/mol.